The summed E-state index contributed by atoms with van der Waals surface area (Å²) in [6, 6.07) is 0. The van der Waals surface area contributed by atoms with Crippen LogP contribution in [-0.2, 0) is 4.74 Å². The van der Waals surface area contributed by atoms with Gasteiger partial charge >= 0.3 is 0 Å². The largest absolute Gasteiger partial charge is 0.379 e. The molecule has 0 aromatic carbocycles. The van der Waals surface area contributed by atoms with Crippen LogP contribution in [0, 0.1) is 0 Å². The van der Waals surface area contributed by atoms with E-state index >= 15 is 0 Å². The summed E-state index contributed by atoms with van der Waals surface area (Å²) in [6.07, 6.45) is 5.44. The minimum atomic E-state index is 0.876. The lowest BCUT2D eigenvalue weighted by Gasteiger charge is -2.29. The van der Waals surface area contributed by atoms with Crippen molar-refractivity contribution in [2.75, 3.05) is 40.9 Å². The van der Waals surface area contributed by atoms with E-state index in [9.17, 15) is 0 Å². The van der Waals surface area contributed by atoms with Crippen LogP contribution in [-0.4, -0.2) is 45.4 Å². The second-order valence-corrected chi connectivity index (χ2v) is 4.44. The topological polar surface area (TPSA) is 9.23 Å². The van der Waals surface area contributed by atoms with Gasteiger partial charge in [0.25, 0.3) is 0 Å². The molecule has 0 saturated heterocycles. The van der Waals surface area contributed by atoms with Crippen molar-refractivity contribution in [2.45, 2.75) is 32.6 Å². The van der Waals surface area contributed by atoms with E-state index in [1.807, 2.05) is 0 Å². The van der Waals surface area contributed by atoms with E-state index in [0.717, 1.165) is 17.6 Å². The number of methoxy groups -OCH3 is 1. The van der Waals surface area contributed by atoms with Crippen molar-refractivity contribution in [3.63, 3.8) is 0 Å². The second kappa shape index (κ2) is 7.34. The molecule has 80 valence electrons. The number of hydrogen-bond acceptors (Lipinski definition) is 1. The fourth-order valence-corrected chi connectivity index (χ4v) is 1.42. The Morgan fingerprint density at radius 1 is 1.00 bits per heavy atom. The summed E-state index contributed by atoms with van der Waals surface area (Å²) in [5.74, 6) is 0. The zero-order valence-corrected chi connectivity index (χ0v) is 9.81. The minimum Gasteiger partial charge on any atom is -0.379 e. The van der Waals surface area contributed by atoms with Gasteiger partial charge in [0.15, 0.2) is 0 Å². The first kappa shape index (κ1) is 12.9. The molecular formula is C11H26NO+. The van der Waals surface area contributed by atoms with E-state index in [1.54, 1.807) is 7.11 Å². The average Bonchev–Trinajstić information content (AvgIpc) is 2.09. The van der Waals surface area contributed by atoms with E-state index < -0.39 is 0 Å². The predicted octanol–water partition coefficient (Wildman–Crippen LogP) is 2.29. The quantitative estimate of drug-likeness (QED) is 0.419. The highest BCUT2D eigenvalue weighted by atomic mass is 16.5. The predicted molar refractivity (Wildman–Crippen MR) is 57.9 cm³/mol. The van der Waals surface area contributed by atoms with Crippen molar-refractivity contribution in [3.05, 3.63) is 0 Å². The van der Waals surface area contributed by atoms with Crippen molar-refractivity contribution in [2.24, 2.45) is 0 Å². The maximum absolute atomic E-state index is 5.09. The molecule has 0 heterocycles. The van der Waals surface area contributed by atoms with Crippen LogP contribution < -0.4 is 0 Å². The molecule has 2 nitrogen and oxygen atoms in total. The average molecular weight is 188 g/mol. The lowest BCUT2D eigenvalue weighted by Crippen LogP contribution is -2.42. The molecule has 0 rings (SSSR count). The van der Waals surface area contributed by atoms with Crippen LogP contribution in [0.1, 0.15) is 32.6 Å². The Balaban J connectivity index is 3.39. The Morgan fingerprint density at radius 3 is 2.23 bits per heavy atom. The Kier molecular flexibility index (Phi) is 7.29. The van der Waals surface area contributed by atoms with E-state index in [1.165, 1.54) is 32.2 Å². The maximum atomic E-state index is 5.09. The van der Waals surface area contributed by atoms with Crippen LogP contribution >= 0.6 is 0 Å². The van der Waals surface area contributed by atoms with Crippen molar-refractivity contribution in [3.8, 4) is 0 Å². The van der Waals surface area contributed by atoms with Gasteiger partial charge in [0, 0.05) is 7.11 Å². The number of unbranched alkanes of at least 4 members (excludes halogenated alkanes) is 3. The molecule has 0 aromatic heterocycles. The third-order valence-electron chi connectivity index (χ3n) is 2.52. The number of nitrogens with zero attached hydrogens (tertiary/aromatic N) is 1. The Labute approximate surface area is 83.5 Å². The molecule has 0 aromatic rings. The Bertz CT molecular complexity index is 113. The molecule has 0 spiro atoms. The van der Waals surface area contributed by atoms with Crippen LogP contribution in [0.25, 0.3) is 0 Å². The second-order valence-electron chi connectivity index (χ2n) is 4.44. The standard InChI is InChI=1S/C11H26NO/c1-5-6-7-8-9-12(2,3)10-11-13-4/h5-11H2,1-4H3/q+1. The van der Waals surface area contributed by atoms with Crippen molar-refractivity contribution in [1.29, 1.82) is 0 Å². The molecule has 0 bridgehead atoms. The van der Waals surface area contributed by atoms with Crippen molar-refractivity contribution < 1.29 is 9.22 Å². The molecular weight excluding hydrogens is 162 g/mol. The minimum absolute atomic E-state index is 0.876. The zero-order chi connectivity index (χ0) is 10.2. The first-order valence-electron chi connectivity index (χ1n) is 5.43. The van der Waals surface area contributed by atoms with Gasteiger partial charge in [-0.15, -0.1) is 0 Å². The molecule has 0 aliphatic heterocycles. The monoisotopic (exact) mass is 188 g/mol. The highest BCUT2D eigenvalue weighted by Crippen LogP contribution is 2.04. The van der Waals surface area contributed by atoms with Crippen LogP contribution in [0.4, 0.5) is 0 Å². The lowest BCUT2D eigenvalue weighted by molar-refractivity contribution is -0.890. The summed E-state index contributed by atoms with van der Waals surface area (Å²) in [5, 5.41) is 0. The number of quaternary nitrogens is 1. The van der Waals surface area contributed by atoms with Gasteiger partial charge in [-0.05, 0) is 12.8 Å². The Morgan fingerprint density at radius 2 is 1.69 bits per heavy atom. The smallest absolute Gasteiger partial charge is 0.102 e. The molecule has 0 fully saturated rings. The molecule has 13 heavy (non-hydrogen) atoms. The summed E-state index contributed by atoms with van der Waals surface area (Å²) in [6.45, 7) is 5.54. The summed E-state index contributed by atoms with van der Waals surface area (Å²) in [7, 11) is 6.34. The third-order valence-corrected chi connectivity index (χ3v) is 2.52. The van der Waals surface area contributed by atoms with Gasteiger partial charge in [-0.1, -0.05) is 19.8 Å². The number of likely N-dealkylation sites (N-methyl/N-ethyl adjacent to an activating group) is 1. The first-order chi connectivity index (χ1) is 6.12. The molecule has 0 unspecified atom stereocenters. The van der Waals surface area contributed by atoms with E-state index in [4.69, 9.17) is 4.74 Å². The zero-order valence-electron chi connectivity index (χ0n) is 9.81. The van der Waals surface area contributed by atoms with Gasteiger partial charge in [-0.25, -0.2) is 0 Å². The molecule has 2 heteroatoms. The van der Waals surface area contributed by atoms with Crippen molar-refractivity contribution >= 4 is 0 Å². The van der Waals surface area contributed by atoms with Gasteiger partial charge < -0.3 is 9.22 Å². The summed E-state index contributed by atoms with van der Waals surface area (Å²) in [5.41, 5.74) is 0. The van der Waals surface area contributed by atoms with Crippen LogP contribution in [0.15, 0.2) is 0 Å². The fourth-order valence-electron chi connectivity index (χ4n) is 1.42. The highest BCUT2D eigenvalue weighted by Gasteiger charge is 2.12. The maximum Gasteiger partial charge on any atom is 0.102 e. The van der Waals surface area contributed by atoms with Gasteiger partial charge in [0.1, 0.15) is 6.54 Å². The number of rotatable bonds is 8. The summed E-state index contributed by atoms with van der Waals surface area (Å²) >= 11 is 0. The Hall–Kier alpha value is -0.0800. The molecule has 0 aliphatic rings. The first-order valence-corrected chi connectivity index (χ1v) is 5.43. The molecule has 0 aliphatic carbocycles. The fraction of sp³-hybridized carbons (Fsp3) is 1.00. The lowest BCUT2D eigenvalue weighted by atomic mass is 10.2. The van der Waals surface area contributed by atoms with Gasteiger partial charge in [0.05, 0.1) is 27.2 Å². The van der Waals surface area contributed by atoms with E-state index in [2.05, 4.69) is 21.0 Å². The third kappa shape index (κ3) is 8.26. The normalized spacial score (nSPS) is 12.0. The van der Waals surface area contributed by atoms with Crippen LogP contribution in [0.2, 0.25) is 0 Å². The van der Waals surface area contributed by atoms with E-state index in [0.29, 0.717) is 0 Å². The molecule has 0 saturated carbocycles. The van der Waals surface area contributed by atoms with Crippen LogP contribution in [0.5, 0.6) is 0 Å². The molecule has 0 amide bonds. The van der Waals surface area contributed by atoms with Gasteiger partial charge in [-0.2, -0.15) is 0 Å². The SMILES string of the molecule is CCCCCC[N+](C)(C)CCOC. The van der Waals surface area contributed by atoms with Crippen molar-refractivity contribution in [1.82, 2.24) is 0 Å². The summed E-state index contributed by atoms with van der Waals surface area (Å²) in [4.78, 5) is 0. The highest BCUT2D eigenvalue weighted by molar-refractivity contribution is 4.41. The van der Waals surface area contributed by atoms with Gasteiger partial charge in [0.2, 0.25) is 0 Å². The molecule has 0 atom stereocenters. The summed E-state index contributed by atoms with van der Waals surface area (Å²) < 4.78 is 6.18. The van der Waals surface area contributed by atoms with E-state index in [-0.39, 0.29) is 0 Å². The van der Waals surface area contributed by atoms with Gasteiger partial charge in [-0.3, -0.25) is 0 Å². The van der Waals surface area contributed by atoms with Crippen LogP contribution in [0.3, 0.4) is 0 Å². The number of ether oxygens (including phenoxy) is 1. The molecule has 0 radical (unpaired) electrons. The molecule has 0 N–H and O–H groups in total. The number of hydrogen-bond donors (Lipinski definition) is 0.